The van der Waals surface area contributed by atoms with Gasteiger partial charge in [0.05, 0.1) is 10.6 Å². The number of halogens is 1. The van der Waals surface area contributed by atoms with Crippen molar-refractivity contribution in [1.82, 2.24) is 9.88 Å². The van der Waals surface area contributed by atoms with Crippen molar-refractivity contribution in [2.24, 2.45) is 0 Å². The van der Waals surface area contributed by atoms with E-state index in [2.05, 4.69) is 5.32 Å². The van der Waals surface area contributed by atoms with Gasteiger partial charge in [-0.15, -0.1) is 0 Å². The van der Waals surface area contributed by atoms with E-state index in [0.717, 1.165) is 0 Å². The standard InChI is InChI=1S/C19H19ClN2O3S/c1-2-21-19(23)12-22-11-18(16-5-3-4-6-17(16)22)26(24,25)13-14-7-9-15(20)10-8-14/h3-11H,2,12-13H2,1H3,(H,21,23). The molecule has 3 rings (SSSR count). The lowest BCUT2D eigenvalue weighted by Gasteiger charge is -2.05. The van der Waals surface area contributed by atoms with Crippen molar-refractivity contribution < 1.29 is 13.2 Å². The van der Waals surface area contributed by atoms with Crippen molar-refractivity contribution in [1.29, 1.82) is 0 Å². The number of para-hydroxylation sites is 1. The van der Waals surface area contributed by atoms with Crippen LogP contribution < -0.4 is 5.32 Å². The van der Waals surface area contributed by atoms with Crippen LogP contribution in [0, 0.1) is 0 Å². The summed E-state index contributed by atoms with van der Waals surface area (Å²) in [5.74, 6) is -0.283. The normalized spacial score (nSPS) is 11.6. The molecule has 7 heteroatoms. The van der Waals surface area contributed by atoms with E-state index in [4.69, 9.17) is 11.6 Å². The zero-order valence-corrected chi connectivity index (χ0v) is 15.8. The van der Waals surface area contributed by atoms with Gasteiger partial charge in [0.2, 0.25) is 5.91 Å². The first-order valence-corrected chi connectivity index (χ1v) is 10.3. The summed E-state index contributed by atoms with van der Waals surface area (Å²) in [6.07, 6.45) is 1.55. The van der Waals surface area contributed by atoms with E-state index < -0.39 is 9.84 Å². The van der Waals surface area contributed by atoms with E-state index in [1.807, 2.05) is 19.1 Å². The molecule has 0 spiro atoms. The summed E-state index contributed by atoms with van der Waals surface area (Å²) >= 11 is 5.86. The van der Waals surface area contributed by atoms with Gasteiger partial charge in [0.15, 0.2) is 9.84 Å². The van der Waals surface area contributed by atoms with Gasteiger partial charge in [-0.1, -0.05) is 41.9 Å². The third-order valence-corrected chi connectivity index (χ3v) is 6.01. The number of nitrogens with zero attached hydrogens (tertiary/aromatic N) is 1. The molecular formula is C19H19ClN2O3S. The maximum Gasteiger partial charge on any atom is 0.239 e. The largest absolute Gasteiger partial charge is 0.355 e. The average molecular weight is 391 g/mol. The highest BCUT2D eigenvalue weighted by Gasteiger charge is 2.22. The first-order chi connectivity index (χ1) is 12.4. The smallest absolute Gasteiger partial charge is 0.239 e. The van der Waals surface area contributed by atoms with Crippen LogP contribution in [0.2, 0.25) is 5.02 Å². The van der Waals surface area contributed by atoms with E-state index in [1.54, 1.807) is 47.2 Å². The van der Waals surface area contributed by atoms with Crippen molar-refractivity contribution in [3.63, 3.8) is 0 Å². The molecule has 0 unspecified atom stereocenters. The van der Waals surface area contributed by atoms with Gasteiger partial charge in [-0.2, -0.15) is 0 Å². The molecule has 1 N–H and O–H groups in total. The van der Waals surface area contributed by atoms with Crippen molar-refractivity contribution >= 4 is 38.2 Å². The molecule has 26 heavy (non-hydrogen) atoms. The third-order valence-electron chi connectivity index (χ3n) is 4.04. The van der Waals surface area contributed by atoms with Crippen LogP contribution in [0.1, 0.15) is 12.5 Å². The molecule has 0 fully saturated rings. The Morgan fingerprint density at radius 2 is 1.81 bits per heavy atom. The van der Waals surface area contributed by atoms with E-state index >= 15 is 0 Å². The highest BCUT2D eigenvalue weighted by Crippen LogP contribution is 2.28. The van der Waals surface area contributed by atoms with Crippen molar-refractivity contribution in [2.45, 2.75) is 24.1 Å². The van der Waals surface area contributed by atoms with Crippen molar-refractivity contribution in [3.8, 4) is 0 Å². The highest BCUT2D eigenvalue weighted by atomic mass is 35.5. The Hall–Kier alpha value is -2.31. The third kappa shape index (κ3) is 3.92. The SMILES string of the molecule is CCNC(=O)Cn1cc(S(=O)(=O)Cc2ccc(Cl)cc2)c2ccccc21. The zero-order valence-electron chi connectivity index (χ0n) is 14.3. The summed E-state index contributed by atoms with van der Waals surface area (Å²) in [5, 5.41) is 3.91. The fraction of sp³-hybridized carbons (Fsp3) is 0.211. The van der Waals surface area contributed by atoms with Gasteiger partial charge >= 0.3 is 0 Å². The molecule has 1 heterocycles. The molecule has 0 bridgehead atoms. The number of fused-ring (bicyclic) bond motifs is 1. The molecule has 5 nitrogen and oxygen atoms in total. The summed E-state index contributed by atoms with van der Waals surface area (Å²) in [6.45, 7) is 2.44. The number of hydrogen-bond donors (Lipinski definition) is 1. The van der Waals surface area contributed by atoms with Crippen LogP contribution in [0.5, 0.6) is 0 Å². The van der Waals surface area contributed by atoms with Gasteiger partial charge in [0, 0.05) is 28.7 Å². The number of benzene rings is 2. The van der Waals surface area contributed by atoms with E-state index in [1.165, 1.54) is 0 Å². The number of hydrogen-bond acceptors (Lipinski definition) is 3. The molecule has 0 aliphatic carbocycles. The Balaban J connectivity index is 2.01. The van der Waals surface area contributed by atoms with Crippen LogP contribution in [-0.2, 0) is 26.9 Å². The average Bonchev–Trinajstić information content (AvgIpc) is 2.97. The minimum absolute atomic E-state index is 0.0742. The van der Waals surface area contributed by atoms with Gasteiger partial charge in [-0.3, -0.25) is 4.79 Å². The Bertz CT molecular complexity index is 1040. The second-order valence-electron chi connectivity index (χ2n) is 5.98. The van der Waals surface area contributed by atoms with Crippen molar-refractivity contribution in [3.05, 3.63) is 65.3 Å². The molecule has 0 atom stereocenters. The van der Waals surface area contributed by atoms with Crippen LogP contribution in [0.4, 0.5) is 0 Å². The summed E-state index contributed by atoms with van der Waals surface area (Å²) in [5.41, 5.74) is 1.38. The summed E-state index contributed by atoms with van der Waals surface area (Å²) in [6, 6.07) is 13.9. The number of carbonyl (C=O) groups is 1. The number of likely N-dealkylation sites (N-methyl/N-ethyl adjacent to an activating group) is 1. The van der Waals surface area contributed by atoms with E-state index in [-0.39, 0.29) is 23.1 Å². The van der Waals surface area contributed by atoms with Crippen LogP contribution in [0.25, 0.3) is 10.9 Å². The first kappa shape index (κ1) is 18.5. The molecule has 136 valence electrons. The Kier molecular flexibility index (Phi) is 5.34. The van der Waals surface area contributed by atoms with Gasteiger partial charge in [-0.05, 0) is 30.7 Å². The molecule has 1 amide bonds. The Labute approximate surface area is 157 Å². The number of sulfone groups is 1. The molecule has 2 aromatic carbocycles. The van der Waals surface area contributed by atoms with Crippen molar-refractivity contribution in [2.75, 3.05) is 6.54 Å². The molecule has 0 aliphatic heterocycles. The predicted molar refractivity (Wildman–Crippen MR) is 103 cm³/mol. The van der Waals surface area contributed by atoms with Gasteiger partial charge in [0.25, 0.3) is 0 Å². The molecule has 0 aliphatic rings. The number of aromatic nitrogens is 1. The first-order valence-electron chi connectivity index (χ1n) is 8.22. The second-order valence-corrected chi connectivity index (χ2v) is 8.37. The van der Waals surface area contributed by atoms with Crippen LogP contribution in [0.15, 0.2) is 59.6 Å². The quantitative estimate of drug-likeness (QED) is 0.701. The minimum Gasteiger partial charge on any atom is -0.355 e. The lowest BCUT2D eigenvalue weighted by Crippen LogP contribution is -2.26. The minimum atomic E-state index is -3.58. The summed E-state index contributed by atoms with van der Waals surface area (Å²) in [4.78, 5) is 12.2. The maximum absolute atomic E-state index is 13.0. The fourth-order valence-corrected chi connectivity index (χ4v) is 4.59. The Morgan fingerprint density at radius 1 is 1.12 bits per heavy atom. The fourth-order valence-electron chi connectivity index (χ4n) is 2.88. The van der Waals surface area contributed by atoms with Gasteiger partial charge in [0.1, 0.15) is 6.54 Å². The topological polar surface area (TPSA) is 68.2 Å². The lowest BCUT2D eigenvalue weighted by molar-refractivity contribution is -0.121. The van der Waals surface area contributed by atoms with Crippen LogP contribution >= 0.6 is 11.6 Å². The number of carbonyl (C=O) groups excluding carboxylic acids is 1. The number of rotatable bonds is 6. The van der Waals surface area contributed by atoms with Gasteiger partial charge < -0.3 is 9.88 Å². The number of nitrogens with one attached hydrogen (secondary N) is 1. The zero-order chi connectivity index (χ0) is 18.7. The predicted octanol–water partition coefficient (Wildman–Crippen LogP) is 3.40. The monoisotopic (exact) mass is 390 g/mol. The summed E-state index contributed by atoms with van der Waals surface area (Å²) in [7, 11) is -3.58. The molecule has 0 saturated heterocycles. The molecule has 1 aromatic heterocycles. The number of amides is 1. The maximum atomic E-state index is 13.0. The molecular weight excluding hydrogens is 372 g/mol. The molecule has 3 aromatic rings. The molecule has 0 saturated carbocycles. The van der Waals surface area contributed by atoms with Crippen LogP contribution in [0.3, 0.4) is 0 Å². The van der Waals surface area contributed by atoms with E-state index in [9.17, 15) is 13.2 Å². The second kappa shape index (κ2) is 7.51. The highest BCUT2D eigenvalue weighted by molar-refractivity contribution is 7.90. The molecule has 0 radical (unpaired) electrons. The van der Waals surface area contributed by atoms with Gasteiger partial charge in [-0.25, -0.2) is 8.42 Å². The van der Waals surface area contributed by atoms with Crippen LogP contribution in [-0.4, -0.2) is 25.4 Å². The summed E-state index contributed by atoms with van der Waals surface area (Å²) < 4.78 is 27.6. The lowest BCUT2D eigenvalue weighted by atomic mass is 10.2. The van der Waals surface area contributed by atoms with E-state index in [0.29, 0.717) is 28.0 Å². The Morgan fingerprint density at radius 3 is 2.50 bits per heavy atom.